The van der Waals surface area contributed by atoms with E-state index in [1.807, 2.05) is 0 Å². The van der Waals surface area contributed by atoms with Gasteiger partial charge in [0.05, 0.1) is 19.3 Å². The van der Waals surface area contributed by atoms with Crippen molar-refractivity contribution in [1.82, 2.24) is 9.03 Å². The number of aliphatic hydroxyl groups is 1. The highest BCUT2D eigenvalue weighted by atomic mass is 32.2. The highest BCUT2D eigenvalue weighted by Crippen LogP contribution is 2.20. The summed E-state index contributed by atoms with van der Waals surface area (Å²) in [5.74, 6) is 0. The largest absolute Gasteiger partial charge is 0.395 e. The number of aliphatic hydroxyl groups excluding tert-OH is 1. The number of piperidine rings is 1. The van der Waals surface area contributed by atoms with Crippen LogP contribution in [-0.2, 0) is 14.9 Å². The van der Waals surface area contributed by atoms with Gasteiger partial charge in [-0.3, -0.25) is 0 Å². The fourth-order valence-corrected chi connectivity index (χ4v) is 4.63. The van der Waals surface area contributed by atoms with Crippen molar-refractivity contribution in [2.45, 2.75) is 63.5 Å². The Bertz CT molecular complexity index is 396. The molecule has 7 heteroatoms. The molecule has 21 heavy (non-hydrogen) atoms. The lowest BCUT2D eigenvalue weighted by Crippen LogP contribution is -2.51. The third-order valence-corrected chi connectivity index (χ3v) is 6.05. The summed E-state index contributed by atoms with van der Waals surface area (Å²) in [5, 5.41) is 9.31. The molecule has 0 spiro atoms. The van der Waals surface area contributed by atoms with Crippen LogP contribution in [0.25, 0.3) is 0 Å². The van der Waals surface area contributed by atoms with Crippen LogP contribution in [0.15, 0.2) is 0 Å². The zero-order valence-corrected chi connectivity index (χ0v) is 13.5. The van der Waals surface area contributed by atoms with Crippen LogP contribution >= 0.6 is 0 Å². The fourth-order valence-electron chi connectivity index (χ4n) is 3.18. The zero-order chi connectivity index (χ0) is 15.1. The maximum Gasteiger partial charge on any atom is 0.279 e. The first-order chi connectivity index (χ1) is 10.1. The van der Waals surface area contributed by atoms with Crippen LogP contribution < -0.4 is 4.72 Å². The van der Waals surface area contributed by atoms with Gasteiger partial charge in [0.15, 0.2) is 0 Å². The molecule has 2 N–H and O–H groups in total. The van der Waals surface area contributed by atoms with Crippen LogP contribution in [0.5, 0.6) is 0 Å². The highest BCUT2D eigenvalue weighted by Gasteiger charge is 2.31. The van der Waals surface area contributed by atoms with Gasteiger partial charge in [-0.15, -0.1) is 0 Å². The standard InChI is InChI=1S/C14H28N2O4S/c17-12-13-6-4-5-10-16(13)21(18,19)15-9-11-20-14-7-2-1-3-8-14/h13-15,17H,1-12H2. The molecule has 1 aliphatic carbocycles. The predicted octanol–water partition coefficient (Wildman–Crippen LogP) is 1.02. The zero-order valence-electron chi connectivity index (χ0n) is 12.7. The summed E-state index contributed by atoms with van der Waals surface area (Å²) in [7, 11) is -3.50. The molecule has 1 saturated carbocycles. The van der Waals surface area contributed by atoms with Gasteiger partial charge < -0.3 is 9.84 Å². The average Bonchev–Trinajstić information content (AvgIpc) is 2.52. The van der Waals surface area contributed by atoms with Crippen LogP contribution in [0.4, 0.5) is 0 Å². The summed E-state index contributed by atoms with van der Waals surface area (Å²) >= 11 is 0. The molecule has 0 radical (unpaired) electrons. The SMILES string of the molecule is O=S(=O)(NCCOC1CCCCC1)N1CCCCC1CO. The molecular weight excluding hydrogens is 292 g/mol. The van der Waals surface area contributed by atoms with Gasteiger partial charge in [-0.2, -0.15) is 17.4 Å². The van der Waals surface area contributed by atoms with E-state index in [0.717, 1.165) is 32.1 Å². The van der Waals surface area contributed by atoms with Crippen molar-refractivity contribution in [3.05, 3.63) is 0 Å². The minimum Gasteiger partial charge on any atom is -0.395 e. The average molecular weight is 320 g/mol. The molecule has 0 bridgehead atoms. The number of ether oxygens (including phenoxy) is 1. The normalized spacial score (nSPS) is 26.0. The van der Waals surface area contributed by atoms with E-state index >= 15 is 0 Å². The lowest BCUT2D eigenvalue weighted by Gasteiger charge is -2.33. The van der Waals surface area contributed by atoms with Crippen molar-refractivity contribution in [1.29, 1.82) is 0 Å². The molecule has 124 valence electrons. The van der Waals surface area contributed by atoms with Gasteiger partial charge in [-0.05, 0) is 25.7 Å². The van der Waals surface area contributed by atoms with E-state index < -0.39 is 10.2 Å². The summed E-state index contributed by atoms with van der Waals surface area (Å²) in [4.78, 5) is 0. The monoisotopic (exact) mass is 320 g/mol. The first kappa shape index (κ1) is 17.1. The van der Waals surface area contributed by atoms with Gasteiger partial charge >= 0.3 is 0 Å². The quantitative estimate of drug-likeness (QED) is 0.686. The summed E-state index contributed by atoms with van der Waals surface area (Å²) in [5.41, 5.74) is 0. The molecular formula is C14H28N2O4S. The third-order valence-electron chi connectivity index (χ3n) is 4.38. The minimum atomic E-state index is -3.50. The van der Waals surface area contributed by atoms with Gasteiger partial charge in [0, 0.05) is 19.1 Å². The van der Waals surface area contributed by atoms with Crippen molar-refractivity contribution in [2.75, 3.05) is 26.3 Å². The van der Waals surface area contributed by atoms with Crippen LogP contribution in [0.2, 0.25) is 0 Å². The Labute approximate surface area is 128 Å². The highest BCUT2D eigenvalue weighted by molar-refractivity contribution is 7.87. The Kier molecular flexibility index (Phi) is 6.88. The predicted molar refractivity (Wildman–Crippen MR) is 81.2 cm³/mol. The Balaban J connectivity index is 1.72. The summed E-state index contributed by atoms with van der Waals surface area (Å²) < 4.78 is 34.2. The van der Waals surface area contributed by atoms with Gasteiger partial charge in [0.1, 0.15) is 0 Å². The topological polar surface area (TPSA) is 78.9 Å². The second kappa shape index (κ2) is 8.43. The number of hydrogen-bond acceptors (Lipinski definition) is 4. The van der Waals surface area contributed by atoms with Gasteiger partial charge in [-0.1, -0.05) is 25.7 Å². The molecule has 2 aliphatic rings. The molecule has 1 saturated heterocycles. The Hall–Kier alpha value is -0.210. The lowest BCUT2D eigenvalue weighted by molar-refractivity contribution is 0.0318. The second-order valence-electron chi connectivity index (χ2n) is 5.97. The van der Waals surface area contributed by atoms with E-state index in [-0.39, 0.29) is 12.6 Å². The number of nitrogens with zero attached hydrogens (tertiary/aromatic N) is 1. The number of hydrogen-bond donors (Lipinski definition) is 2. The molecule has 0 aromatic heterocycles. The van der Waals surface area contributed by atoms with Crippen molar-refractivity contribution in [3.63, 3.8) is 0 Å². The number of rotatable bonds is 7. The lowest BCUT2D eigenvalue weighted by atomic mass is 9.98. The Morgan fingerprint density at radius 2 is 1.81 bits per heavy atom. The molecule has 1 atom stereocenters. The molecule has 6 nitrogen and oxygen atoms in total. The van der Waals surface area contributed by atoms with E-state index in [4.69, 9.17) is 4.74 Å². The Morgan fingerprint density at radius 3 is 2.52 bits per heavy atom. The summed E-state index contributed by atoms with van der Waals surface area (Å²) in [6.45, 7) is 1.10. The summed E-state index contributed by atoms with van der Waals surface area (Å²) in [6.07, 6.45) is 8.74. The fraction of sp³-hybridized carbons (Fsp3) is 1.00. The molecule has 1 unspecified atom stereocenters. The molecule has 2 fully saturated rings. The van der Waals surface area contributed by atoms with E-state index in [1.165, 1.54) is 23.6 Å². The van der Waals surface area contributed by atoms with E-state index in [2.05, 4.69) is 4.72 Å². The molecule has 0 amide bonds. The Morgan fingerprint density at radius 1 is 1.10 bits per heavy atom. The van der Waals surface area contributed by atoms with Crippen LogP contribution in [0.1, 0.15) is 51.4 Å². The molecule has 0 aromatic rings. The van der Waals surface area contributed by atoms with E-state index in [0.29, 0.717) is 25.8 Å². The van der Waals surface area contributed by atoms with Gasteiger partial charge in [0.25, 0.3) is 10.2 Å². The number of nitrogens with one attached hydrogen (secondary N) is 1. The first-order valence-electron chi connectivity index (χ1n) is 8.12. The first-order valence-corrected chi connectivity index (χ1v) is 9.56. The molecule has 0 aromatic carbocycles. The van der Waals surface area contributed by atoms with Crippen molar-refractivity contribution in [3.8, 4) is 0 Å². The van der Waals surface area contributed by atoms with Crippen LogP contribution in [0, 0.1) is 0 Å². The molecule has 1 aliphatic heterocycles. The van der Waals surface area contributed by atoms with Crippen LogP contribution in [0.3, 0.4) is 0 Å². The smallest absolute Gasteiger partial charge is 0.279 e. The van der Waals surface area contributed by atoms with E-state index in [9.17, 15) is 13.5 Å². The maximum absolute atomic E-state index is 12.3. The van der Waals surface area contributed by atoms with Crippen molar-refractivity contribution < 1.29 is 18.3 Å². The van der Waals surface area contributed by atoms with Crippen molar-refractivity contribution in [2.24, 2.45) is 0 Å². The van der Waals surface area contributed by atoms with Crippen LogP contribution in [-0.4, -0.2) is 56.3 Å². The third kappa shape index (κ3) is 5.17. The second-order valence-corrected chi connectivity index (χ2v) is 7.68. The summed E-state index contributed by atoms with van der Waals surface area (Å²) in [6, 6.07) is -0.282. The van der Waals surface area contributed by atoms with E-state index in [1.54, 1.807) is 0 Å². The minimum absolute atomic E-state index is 0.112. The molecule has 2 rings (SSSR count). The van der Waals surface area contributed by atoms with Gasteiger partial charge in [-0.25, -0.2) is 0 Å². The van der Waals surface area contributed by atoms with Crippen molar-refractivity contribution >= 4 is 10.2 Å². The van der Waals surface area contributed by atoms with Gasteiger partial charge in [0.2, 0.25) is 0 Å². The molecule has 1 heterocycles. The maximum atomic E-state index is 12.3.